The lowest BCUT2D eigenvalue weighted by atomic mass is 9.89. The van der Waals surface area contributed by atoms with Crippen molar-refractivity contribution in [3.8, 4) is 0 Å². The Morgan fingerprint density at radius 2 is 1.49 bits per heavy atom. The molecule has 37 heavy (non-hydrogen) atoms. The van der Waals surface area contributed by atoms with Crippen molar-refractivity contribution in [2.75, 3.05) is 19.6 Å². The van der Waals surface area contributed by atoms with Gasteiger partial charge in [0.05, 0.1) is 18.5 Å². The first-order chi connectivity index (χ1) is 18.2. The Hall–Kier alpha value is -3.70. The van der Waals surface area contributed by atoms with Crippen LogP contribution in [0.15, 0.2) is 102 Å². The highest BCUT2D eigenvalue weighted by molar-refractivity contribution is 7.10. The van der Waals surface area contributed by atoms with Gasteiger partial charge in [0, 0.05) is 18.0 Å². The Morgan fingerprint density at radius 3 is 2.08 bits per heavy atom. The third kappa shape index (κ3) is 5.37. The number of amides is 2. The van der Waals surface area contributed by atoms with Gasteiger partial charge in [-0.1, -0.05) is 97.9 Å². The molecule has 0 aliphatic carbocycles. The third-order valence-corrected chi connectivity index (χ3v) is 8.04. The molecule has 1 aromatic heterocycles. The summed E-state index contributed by atoms with van der Waals surface area (Å²) < 4.78 is 0. The van der Waals surface area contributed by atoms with Crippen LogP contribution in [-0.4, -0.2) is 41.2 Å². The molecule has 1 aliphatic rings. The van der Waals surface area contributed by atoms with Crippen LogP contribution >= 0.6 is 11.3 Å². The van der Waals surface area contributed by atoms with Gasteiger partial charge in [0.15, 0.2) is 0 Å². The van der Waals surface area contributed by atoms with Crippen molar-refractivity contribution >= 4 is 23.2 Å². The van der Waals surface area contributed by atoms with E-state index in [9.17, 15) is 9.59 Å². The Labute approximate surface area is 223 Å². The number of thiophene rings is 1. The van der Waals surface area contributed by atoms with Crippen LogP contribution in [0.5, 0.6) is 0 Å². The molecule has 4 nitrogen and oxygen atoms in total. The Balaban J connectivity index is 1.44. The average molecular weight is 509 g/mol. The van der Waals surface area contributed by atoms with E-state index in [-0.39, 0.29) is 24.4 Å². The molecule has 188 valence electrons. The fourth-order valence-corrected chi connectivity index (χ4v) is 6.23. The summed E-state index contributed by atoms with van der Waals surface area (Å²) in [6.07, 6.45) is 1.63. The summed E-state index contributed by atoms with van der Waals surface area (Å²) in [5, 5.41) is 2.12. The number of hydrogen-bond donors (Lipinski definition) is 0. The van der Waals surface area contributed by atoms with Crippen molar-refractivity contribution in [3.05, 3.63) is 130 Å². The highest BCUT2D eigenvalue weighted by Gasteiger charge is 2.35. The molecule has 1 aliphatic heterocycles. The first-order valence-corrected chi connectivity index (χ1v) is 13.8. The summed E-state index contributed by atoms with van der Waals surface area (Å²) in [6.45, 7) is 3.32. The van der Waals surface area contributed by atoms with Gasteiger partial charge >= 0.3 is 0 Å². The maximum Gasteiger partial charge on any atom is 0.242 e. The van der Waals surface area contributed by atoms with E-state index in [2.05, 4.69) is 30.5 Å². The van der Waals surface area contributed by atoms with Gasteiger partial charge in [-0.15, -0.1) is 11.3 Å². The fourth-order valence-electron chi connectivity index (χ4n) is 5.32. The monoisotopic (exact) mass is 508 g/mol. The molecule has 0 saturated heterocycles. The normalized spacial score (nSPS) is 14.9. The van der Waals surface area contributed by atoms with E-state index in [1.165, 1.54) is 10.4 Å². The topological polar surface area (TPSA) is 40.6 Å². The van der Waals surface area contributed by atoms with Gasteiger partial charge in [0.25, 0.3) is 0 Å². The van der Waals surface area contributed by atoms with Crippen LogP contribution in [0.25, 0.3) is 0 Å². The molecule has 0 bridgehead atoms. The highest BCUT2D eigenvalue weighted by atomic mass is 32.1. The van der Waals surface area contributed by atoms with Crippen LogP contribution in [0, 0.1) is 0 Å². The maximum absolute atomic E-state index is 14.1. The van der Waals surface area contributed by atoms with E-state index < -0.39 is 5.92 Å². The Morgan fingerprint density at radius 1 is 0.892 bits per heavy atom. The molecule has 0 saturated carbocycles. The van der Waals surface area contributed by atoms with E-state index >= 15 is 0 Å². The lowest BCUT2D eigenvalue weighted by molar-refractivity contribution is -0.142. The molecule has 1 atom stereocenters. The zero-order chi connectivity index (χ0) is 25.6. The summed E-state index contributed by atoms with van der Waals surface area (Å²) in [4.78, 5) is 33.1. The molecule has 0 N–H and O–H groups in total. The Bertz CT molecular complexity index is 1280. The number of carbonyl (C=O) groups is 2. The third-order valence-electron chi connectivity index (χ3n) is 7.05. The molecule has 5 heteroatoms. The summed E-state index contributed by atoms with van der Waals surface area (Å²) in [5.41, 5.74) is 4.19. The highest BCUT2D eigenvalue weighted by Crippen LogP contribution is 2.38. The lowest BCUT2D eigenvalue weighted by Gasteiger charge is -2.38. The quantitative estimate of drug-likeness (QED) is 0.281. The van der Waals surface area contributed by atoms with Crippen molar-refractivity contribution in [1.82, 2.24) is 9.80 Å². The van der Waals surface area contributed by atoms with Gasteiger partial charge in [-0.25, -0.2) is 0 Å². The van der Waals surface area contributed by atoms with Crippen LogP contribution in [0.1, 0.15) is 52.4 Å². The van der Waals surface area contributed by atoms with Gasteiger partial charge in [0.2, 0.25) is 11.8 Å². The SMILES string of the molecule is CCCN(CC(=O)N1CCc2sccc2C1c1ccccc1)C(=O)C(c1ccccc1)c1ccccc1. The fraction of sp³-hybridized carbons (Fsp3) is 0.250. The molecule has 2 amide bonds. The van der Waals surface area contributed by atoms with Gasteiger partial charge in [-0.3, -0.25) is 9.59 Å². The first-order valence-electron chi connectivity index (χ1n) is 13.0. The molecule has 0 fully saturated rings. The van der Waals surface area contributed by atoms with Gasteiger partial charge in [-0.2, -0.15) is 0 Å². The Kier molecular flexibility index (Phi) is 7.81. The molecule has 5 rings (SSSR count). The minimum atomic E-state index is -0.448. The first kappa shape index (κ1) is 25.0. The van der Waals surface area contributed by atoms with Crippen LogP contribution in [0.4, 0.5) is 0 Å². The van der Waals surface area contributed by atoms with E-state index in [4.69, 9.17) is 0 Å². The number of hydrogen-bond acceptors (Lipinski definition) is 3. The predicted molar refractivity (Wildman–Crippen MR) is 150 cm³/mol. The number of carbonyl (C=O) groups excluding carboxylic acids is 2. The summed E-state index contributed by atoms with van der Waals surface area (Å²) in [7, 11) is 0. The van der Waals surface area contributed by atoms with Crippen LogP contribution in [0.3, 0.4) is 0 Å². The average Bonchev–Trinajstić information content (AvgIpc) is 3.43. The second kappa shape index (κ2) is 11.6. The minimum absolute atomic E-state index is 0.00706. The molecule has 0 spiro atoms. The van der Waals surface area contributed by atoms with E-state index in [1.807, 2.05) is 83.8 Å². The predicted octanol–water partition coefficient (Wildman–Crippen LogP) is 6.29. The van der Waals surface area contributed by atoms with Gasteiger partial charge in [0.1, 0.15) is 0 Å². The van der Waals surface area contributed by atoms with Gasteiger partial charge in [-0.05, 0) is 46.5 Å². The zero-order valence-corrected chi connectivity index (χ0v) is 21.9. The molecule has 3 aromatic carbocycles. The molecule has 2 heterocycles. The van der Waals surface area contributed by atoms with Crippen molar-refractivity contribution in [3.63, 3.8) is 0 Å². The summed E-state index contributed by atoms with van der Waals surface area (Å²) >= 11 is 1.76. The number of fused-ring (bicyclic) bond motifs is 1. The van der Waals surface area contributed by atoms with E-state index in [1.54, 1.807) is 16.2 Å². The second-order valence-electron chi connectivity index (χ2n) is 9.46. The smallest absolute Gasteiger partial charge is 0.242 e. The van der Waals surface area contributed by atoms with E-state index in [0.29, 0.717) is 13.1 Å². The molecular weight excluding hydrogens is 476 g/mol. The van der Waals surface area contributed by atoms with Crippen molar-refractivity contribution < 1.29 is 9.59 Å². The maximum atomic E-state index is 14.1. The summed E-state index contributed by atoms with van der Waals surface area (Å²) in [6, 6.07) is 32.0. The molecule has 1 unspecified atom stereocenters. The van der Waals surface area contributed by atoms with Crippen LogP contribution < -0.4 is 0 Å². The van der Waals surface area contributed by atoms with E-state index in [0.717, 1.165) is 29.5 Å². The van der Waals surface area contributed by atoms with Crippen LogP contribution in [0.2, 0.25) is 0 Å². The molecule has 0 radical (unpaired) electrons. The van der Waals surface area contributed by atoms with Gasteiger partial charge < -0.3 is 9.80 Å². The molecular formula is C32H32N2O2S. The molecule has 4 aromatic rings. The minimum Gasteiger partial charge on any atom is -0.333 e. The van der Waals surface area contributed by atoms with Crippen molar-refractivity contribution in [2.24, 2.45) is 0 Å². The van der Waals surface area contributed by atoms with Crippen molar-refractivity contribution in [2.45, 2.75) is 31.7 Å². The summed E-state index contributed by atoms with van der Waals surface area (Å²) in [5.74, 6) is -0.485. The van der Waals surface area contributed by atoms with Crippen molar-refractivity contribution in [1.29, 1.82) is 0 Å². The number of benzene rings is 3. The number of rotatable bonds is 8. The van der Waals surface area contributed by atoms with Crippen LogP contribution in [-0.2, 0) is 16.0 Å². The largest absolute Gasteiger partial charge is 0.333 e. The standard InChI is InChI=1S/C32H32N2O2S/c1-2-20-33(32(36)30(24-12-6-3-7-13-24)25-14-8-4-9-15-25)23-29(35)34-21-18-28-27(19-22-37-28)31(34)26-16-10-5-11-17-26/h3-17,19,22,30-31H,2,18,20-21,23H2,1H3. The lowest BCUT2D eigenvalue weighted by Crippen LogP contribution is -2.48. The second-order valence-corrected chi connectivity index (χ2v) is 10.5. The zero-order valence-electron chi connectivity index (χ0n) is 21.1. The number of nitrogens with zero attached hydrogens (tertiary/aromatic N) is 2.